The molecule has 0 radical (unpaired) electrons. The minimum Gasteiger partial charge on any atom is -0.393 e. The Morgan fingerprint density at radius 2 is 2.10 bits per heavy atom. The Bertz CT molecular complexity index is 630. The number of aromatic nitrogens is 3. The van der Waals surface area contributed by atoms with Crippen LogP contribution in [-0.2, 0) is 0 Å². The number of carbonyl (C=O) groups excluding carboxylic acids is 1. The van der Waals surface area contributed by atoms with Crippen LogP contribution in [0.3, 0.4) is 0 Å². The molecule has 2 aromatic rings. The van der Waals surface area contributed by atoms with Crippen molar-refractivity contribution < 1.29 is 4.79 Å². The van der Waals surface area contributed by atoms with Crippen LogP contribution in [0, 0.1) is 0 Å². The van der Waals surface area contributed by atoms with E-state index in [9.17, 15) is 4.79 Å². The second kappa shape index (κ2) is 6.85. The maximum absolute atomic E-state index is 11.8. The number of nitrogen functional groups attached to an aromatic ring is 1. The maximum Gasteiger partial charge on any atom is 0.288 e. The summed E-state index contributed by atoms with van der Waals surface area (Å²) in [5.74, 6) is 0.356. The third-order valence-electron chi connectivity index (χ3n) is 2.49. The molecule has 2 rings (SSSR count). The summed E-state index contributed by atoms with van der Waals surface area (Å²) in [5, 5.41) is 2.96. The molecular weight excluding hydrogens is 270 g/mol. The number of nitrogens with zero attached hydrogens (tertiary/aromatic N) is 3. The fourth-order valence-electron chi connectivity index (χ4n) is 1.48. The monoisotopic (exact) mass is 285 g/mol. The predicted octanol–water partition coefficient (Wildman–Crippen LogP) is 0.809. The van der Waals surface area contributed by atoms with Gasteiger partial charge in [-0.2, -0.15) is 0 Å². The second-order valence-corrected chi connectivity index (χ2v) is 3.95. The Balaban J connectivity index is 2.03. The SMILES string of the molecule is C=CCNc1ncnc(NNC(=O)c2ccccn2)c1N. The van der Waals surface area contributed by atoms with E-state index in [0.717, 1.165) is 0 Å². The number of hydrogen-bond donors (Lipinski definition) is 4. The molecule has 108 valence electrons. The van der Waals surface area contributed by atoms with Gasteiger partial charge in [-0.1, -0.05) is 12.1 Å². The van der Waals surface area contributed by atoms with Gasteiger partial charge in [0.2, 0.25) is 0 Å². The van der Waals surface area contributed by atoms with Gasteiger partial charge in [0, 0.05) is 12.7 Å². The van der Waals surface area contributed by atoms with Crippen molar-refractivity contribution in [1.82, 2.24) is 20.4 Å². The van der Waals surface area contributed by atoms with Crippen molar-refractivity contribution in [3.63, 3.8) is 0 Å². The molecule has 5 N–H and O–H groups in total. The van der Waals surface area contributed by atoms with Crippen LogP contribution in [0.4, 0.5) is 17.3 Å². The van der Waals surface area contributed by atoms with Crippen LogP contribution in [0.25, 0.3) is 0 Å². The molecule has 8 nitrogen and oxygen atoms in total. The molecule has 0 bridgehead atoms. The predicted molar refractivity (Wildman–Crippen MR) is 80.5 cm³/mol. The highest BCUT2D eigenvalue weighted by atomic mass is 16.2. The number of rotatable bonds is 6. The average molecular weight is 285 g/mol. The van der Waals surface area contributed by atoms with Crippen molar-refractivity contribution in [2.24, 2.45) is 0 Å². The number of nitrogens with one attached hydrogen (secondary N) is 3. The van der Waals surface area contributed by atoms with Gasteiger partial charge in [0.15, 0.2) is 11.6 Å². The van der Waals surface area contributed by atoms with Crippen molar-refractivity contribution >= 4 is 23.2 Å². The number of hydrogen-bond acceptors (Lipinski definition) is 7. The van der Waals surface area contributed by atoms with Crippen molar-refractivity contribution in [3.05, 3.63) is 49.1 Å². The lowest BCUT2D eigenvalue weighted by molar-refractivity contribution is 0.0957. The van der Waals surface area contributed by atoms with E-state index in [1.807, 2.05) is 0 Å². The molecule has 21 heavy (non-hydrogen) atoms. The second-order valence-electron chi connectivity index (χ2n) is 3.95. The number of hydrazine groups is 1. The van der Waals surface area contributed by atoms with Crippen molar-refractivity contribution in [2.75, 3.05) is 23.0 Å². The molecule has 0 atom stereocenters. The fraction of sp³-hybridized carbons (Fsp3) is 0.0769. The lowest BCUT2D eigenvalue weighted by Gasteiger charge is -2.12. The van der Waals surface area contributed by atoms with Gasteiger partial charge in [-0.3, -0.25) is 20.6 Å². The van der Waals surface area contributed by atoms with Crippen LogP contribution < -0.4 is 21.9 Å². The smallest absolute Gasteiger partial charge is 0.288 e. The topological polar surface area (TPSA) is 118 Å². The standard InChI is InChI=1S/C13H15N7O/c1-2-6-16-11-10(14)12(18-8-17-11)19-20-13(21)9-5-3-4-7-15-9/h2-5,7-8H,1,6,14H2,(H,20,21)(H2,16,17,18,19). The van der Waals surface area contributed by atoms with Crippen LogP contribution in [0.15, 0.2) is 43.4 Å². The van der Waals surface area contributed by atoms with Crippen molar-refractivity contribution in [3.8, 4) is 0 Å². The van der Waals surface area contributed by atoms with Crippen LogP contribution in [-0.4, -0.2) is 27.4 Å². The summed E-state index contributed by atoms with van der Waals surface area (Å²) in [5.41, 5.74) is 11.6. The van der Waals surface area contributed by atoms with Crippen LogP contribution in [0.2, 0.25) is 0 Å². The number of pyridine rings is 1. The molecule has 8 heteroatoms. The molecule has 0 saturated carbocycles. The third kappa shape index (κ3) is 3.66. The Hall–Kier alpha value is -3.16. The lowest BCUT2D eigenvalue weighted by atomic mass is 10.3. The Kier molecular flexibility index (Phi) is 4.65. The van der Waals surface area contributed by atoms with Gasteiger partial charge in [0.1, 0.15) is 17.7 Å². The van der Waals surface area contributed by atoms with Crippen LogP contribution in [0.1, 0.15) is 10.5 Å². The van der Waals surface area contributed by atoms with Gasteiger partial charge in [0.05, 0.1) is 0 Å². The number of anilines is 3. The maximum atomic E-state index is 11.8. The van der Waals surface area contributed by atoms with Crippen LogP contribution >= 0.6 is 0 Å². The quantitative estimate of drug-likeness (QED) is 0.458. The molecule has 0 unspecified atom stereocenters. The summed E-state index contributed by atoms with van der Waals surface area (Å²) in [7, 11) is 0. The van der Waals surface area contributed by atoms with Crippen molar-refractivity contribution in [1.29, 1.82) is 0 Å². The summed E-state index contributed by atoms with van der Waals surface area (Å²) in [6.45, 7) is 4.11. The molecular formula is C13H15N7O. The lowest BCUT2D eigenvalue weighted by Crippen LogP contribution is -2.31. The van der Waals surface area contributed by atoms with Gasteiger partial charge >= 0.3 is 0 Å². The minimum atomic E-state index is -0.394. The minimum absolute atomic E-state index is 0.280. The molecule has 2 aromatic heterocycles. The molecule has 2 heterocycles. The van der Waals surface area contributed by atoms with E-state index >= 15 is 0 Å². The number of nitrogens with two attached hydrogens (primary N) is 1. The first-order valence-corrected chi connectivity index (χ1v) is 6.15. The van der Waals surface area contributed by atoms with Gasteiger partial charge in [-0.15, -0.1) is 6.58 Å². The van der Waals surface area contributed by atoms with Crippen molar-refractivity contribution in [2.45, 2.75) is 0 Å². The number of carbonyl (C=O) groups is 1. The summed E-state index contributed by atoms with van der Waals surface area (Å²) in [6.07, 6.45) is 4.54. The molecule has 0 aliphatic carbocycles. The Morgan fingerprint density at radius 1 is 1.29 bits per heavy atom. The largest absolute Gasteiger partial charge is 0.393 e. The summed E-state index contributed by atoms with van der Waals surface area (Å²) < 4.78 is 0. The van der Waals surface area contributed by atoms with Gasteiger partial charge in [-0.25, -0.2) is 9.97 Å². The molecule has 0 aliphatic heterocycles. The Labute approximate surface area is 121 Å². The molecule has 1 amide bonds. The van der Waals surface area contributed by atoms with E-state index in [2.05, 4.69) is 37.7 Å². The molecule has 0 saturated heterocycles. The summed E-state index contributed by atoms with van der Waals surface area (Å²) in [4.78, 5) is 23.7. The zero-order valence-electron chi connectivity index (χ0n) is 11.2. The highest BCUT2D eigenvalue weighted by Crippen LogP contribution is 2.21. The summed E-state index contributed by atoms with van der Waals surface area (Å²) in [6, 6.07) is 5.04. The van der Waals surface area contributed by atoms with Gasteiger partial charge < -0.3 is 11.1 Å². The van der Waals surface area contributed by atoms with Gasteiger partial charge in [-0.05, 0) is 12.1 Å². The number of amides is 1. The fourth-order valence-corrected chi connectivity index (χ4v) is 1.48. The zero-order chi connectivity index (χ0) is 15.1. The van der Waals surface area contributed by atoms with E-state index in [0.29, 0.717) is 23.9 Å². The van der Waals surface area contributed by atoms with Gasteiger partial charge in [0.25, 0.3) is 5.91 Å². The van der Waals surface area contributed by atoms with Crippen LogP contribution in [0.5, 0.6) is 0 Å². The Morgan fingerprint density at radius 3 is 2.81 bits per heavy atom. The zero-order valence-corrected chi connectivity index (χ0v) is 11.2. The van der Waals surface area contributed by atoms with E-state index in [-0.39, 0.29) is 5.69 Å². The molecule has 0 spiro atoms. The first-order chi connectivity index (χ1) is 10.2. The molecule has 0 aromatic carbocycles. The highest BCUT2D eigenvalue weighted by Gasteiger charge is 2.10. The molecule has 0 aliphatic rings. The van der Waals surface area contributed by atoms with E-state index in [1.54, 1.807) is 24.3 Å². The first kappa shape index (κ1) is 14.3. The van der Waals surface area contributed by atoms with E-state index < -0.39 is 5.91 Å². The average Bonchev–Trinajstić information content (AvgIpc) is 2.53. The summed E-state index contributed by atoms with van der Waals surface area (Å²) >= 11 is 0. The first-order valence-electron chi connectivity index (χ1n) is 6.15. The third-order valence-corrected chi connectivity index (χ3v) is 2.49. The molecule has 0 fully saturated rings. The highest BCUT2D eigenvalue weighted by molar-refractivity contribution is 5.93. The van der Waals surface area contributed by atoms with E-state index in [1.165, 1.54) is 12.5 Å². The van der Waals surface area contributed by atoms with E-state index in [4.69, 9.17) is 5.73 Å². The normalized spacial score (nSPS) is 9.71.